The first-order valence-corrected chi connectivity index (χ1v) is 4.85. The van der Waals surface area contributed by atoms with Gasteiger partial charge in [-0.1, -0.05) is 13.0 Å². The van der Waals surface area contributed by atoms with E-state index in [2.05, 4.69) is 9.72 Å². The lowest BCUT2D eigenvalue weighted by molar-refractivity contribution is -0.137. The third kappa shape index (κ3) is 2.87. The molecule has 0 unspecified atom stereocenters. The average molecular weight is 207 g/mol. The van der Waals surface area contributed by atoms with Crippen LogP contribution in [-0.4, -0.2) is 23.3 Å². The van der Waals surface area contributed by atoms with Gasteiger partial charge >= 0.3 is 5.97 Å². The zero-order valence-electron chi connectivity index (χ0n) is 8.82. The van der Waals surface area contributed by atoms with E-state index in [1.165, 1.54) is 6.07 Å². The van der Waals surface area contributed by atoms with Gasteiger partial charge in [0.1, 0.15) is 5.69 Å². The number of aromatic nitrogens is 1. The Kier molecular flexibility index (Phi) is 3.97. The van der Waals surface area contributed by atoms with E-state index in [9.17, 15) is 9.59 Å². The smallest absolute Gasteiger partial charge is 0.381 e. The summed E-state index contributed by atoms with van der Waals surface area (Å²) >= 11 is 0. The van der Waals surface area contributed by atoms with E-state index in [0.717, 1.165) is 12.0 Å². The first kappa shape index (κ1) is 11.4. The summed E-state index contributed by atoms with van der Waals surface area (Å²) < 4.78 is 4.59. The Morgan fingerprint density at radius 1 is 1.33 bits per heavy atom. The van der Waals surface area contributed by atoms with E-state index in [0.29, 0.717) is 0 Å². The zero-order chi connectivity index (χ0) is 11.3. The van der Waals surface area contributed by atoms with Crippen LogP contribution in [0.4, 0.5) is 0 Å². The van der Waals surface area contributed by atoms with Crippen LogP contribution < -0.4 is 0 Å². The number of ketones is 1. The molecule has 4 nitrogen and oxygen atoms in total. The monoisotopic (exact) mass is 207 g/mol. The van der Waals surface area contributed by atoms with Crippen molar-refractivity contribution in [3.63, 3.8) is 0 Å². The van der Waals surface area contributed by atoms with Crippen LogP contribution in [0.2, 0.25) is 0 Å². The Bertz CT molecular complexity index is 357. The summed E-state index contributed by atoms with van der Waals surface area (Å²) in [5, 5.41) is 0. The largest absolute Gasteiger partial charge is 0.460 e. The summed E-state index contributed by atoms with van der Waals surface area (Å²) in [7, 11) is 0. The molecule has 0 amide bonds. The second-order valence-electron chi connectivity index (χ2n) is 2.95. The van der Waals surface area contributed by atoms with Crippen LogP contribution in [0.1, 0.15) is 29.9 Å². The van der Waals surface area contributed by atoms with Crippen molar-refractivity contribution >= 4 is 11.8 Å². The highest BCUT2D eigenvalue weighted by Gasteiger charge is 2.18. The molecule has 0 saturated carbocycles. The maximum absolute atomic E-state index is 11.4. The molecule has 0 aliphatic carbocycles. The van der Waals surface area contributed by atoms with Crippen LogP contribution in [0.5, 0.6) is 0 Å². The molecule has 0 spiro atoms. The summed E-state index contributed by atoms with van der Waals surface area (Å²) in [6, 6.07) is 3.32. The Morgan fingerprint density at radius 3 is 2.53 bits per heavy atom. The van der Waals surface area contributed by atoms with E-state index < -0.39 is 11.8 Å². The minimum absolute atomic E-state index is 0.130. The molecular weight excluding hydrogens is 194 g/mol. The number of hydrogen-bond donors (Lipinski definition) is 0. The van der Waals surface area contributed by atoms with Crippen LogP contribution in [0, 0.1) is 0 Å². The van der Waals surface area contributed by atoms with E-state index in [1.807, 2.05) is 6.92 Å². The quantitative estimate of drug-likeness (QED) is 0.425. The molecule has 0 aromatic carbocycles. The molecule has 0 aliphatic rings. The van der Waals surface area contributed by atoms with E-state index in [-0.39, 0.29) is 12.3 Å². The molecule has 0 N–H and O–H groups in total. The van der Waals surface area contributed by atoms with Crippen molar-refractivity contribution in [3.05, 3.63) is 29.6 Å². The van der Waals surface area contributed by atoms with Gasteiger partial charge in [0.05, 0.1) is 6.61 Å². The SMILES string of the molecule is CCOC(=O)C(=O)c1ccc(CC)cn1. The molecule has 0 radical (unpaired) electrons. The van der Waals surface area contributed by atoms with Crippen molar-refractivity contribution in [3.8, 4) is 0 Å². The third-order valence-corrected chi connectivity index (χ3v) is 1.93. The van der Waals surface area contributed by atoms with Gasteiger partial charge in [-0.3, -0.25) is 9.78 Å². The standard InChI is InChI=1S/C11H13NO3/c1-3-8-5-6-9(12-7-8)10(13)11(14)15-4-2/h5-7H,3-4H2,1-2H3. The fraction of sp³-hybridized carbons (Fsp3) is 0.364. The normalized spacial score (nSPS) is 9.73. The lowest BCUT2D eigenvalue weighted by Crippen LogP contribution is -2.18. The van der Waals surface area contributed by atoms with Gasteiger partial charge in [-0.05, 0) is 25.0 Å². The predicted octanol–water partition coefficient (Wildman–Crippen LogP) is 1.39. The fourth-order valence-corrected chi connectivity index (χ4v) is 1.07. The summed E-state index contributed by atoms with van der Waals surface area (Å²) in [5.41, 5.74) is 1.15. The summed E-state index contributed by atoms with van der Waals surface area (Å²) in [6.45, 7) is 3.83. The first-order valence-electron chi connectivity index (χ1n) is 4.85. The zero-order valence-corrected chi connectivity index (χ0v) is 8.82. The summed E-state index contributed by atoms with van der Waals surface area (Å²) in [4.78, 5) is 26.4. The molecule has 4 heteroatoms. The number of pyridine rings is 1. The molecular formula is C11H13NO3. The number of aryl methyl sites for hydroxylation is 1. The maximum atomic E-state index is 11.4. The highest BCUT2D eigenvalue weighted by Crippen LogP contribution is 2.02. The number of esters is 1. The number of Topliss-reactive ketones (excluding diaryl/α,β-unsaturated/α-hetero) is 1. The second-order valence-corrected chi connectivity index (χ2v) is 2.95. The van der Waals surface area contributed by atoms with Gasteiger partial charge in [0.2, 0.25) is 0 Å². The van der Waals surface area contributed by atoms with Crippen molar-refractivity contribution in [1.29, 1.82) is 0 Å². The van der Waals surface area contributed by atoms with E-state index in [1.54, 1.807) is 19.2 Å². The van der Waals surface area contributed by atoms with Crippen LogP contribution in [-0.2, 0) is 16.0 Å². The summed E-state index contributed by atoms with van der Waals surface area (Å²) in [5.74, 6) is -1.55. The molecule has 0 aliphatic heterocycles. The van der Waals surface area contributed by atoms with Crippen LogP contribution in [0.15, 0.2) is 18.3 Å². The molecule has 0 fully saturated rings. The minimum Gasteiger partial charge on any atom is -0.460 e. The molecule has 0 saturated heterocycles. The minimum atomic E-state index is -0.853. The lowest BCUT2D eigenvalue weighted by Gasteiger charge is -2.01. The third-order valence-electron chi connectivity index (χ3n) is 1.93. The Balaban J connectivity index is 2.78. The van der Waals surface area contributed by atoms with Gasteiger partial charge in [-0.2, -0.15) is 0 Å². The van der Waals surface area contributed by atoms with Crippen molar-refractivity contribution < 1.29 is 14.3 Å². The number of hydrogen-bond acceptors (Lipinski definition) is 4. The first-order chi connectivity index (χ1) is 7.19. The second kappa shape index (κ2) is 5.24. The Morgan fingerprint density at radius 2 is 2.07 bits per heavy atom. The van der Waals surface area contributed by atoms with Gasteiger partial charge in [-0.25, -0.2) is 4.79 Å². The molecule has 1 aromatic rings. The van der Waals surface area contributed by atoms with Gasteiger partial charge in [0, 0.05) is 6.20 Å². The molecule has 0 atom stereocenters. The van der Waals surface area contributed by atoms with Gasteiger partial charge in [-0.15, -0.1) is 0 Å². The van der Waals surface area contributed by atoms with Crippen LogP contribution in [0.3, 0.4) is 0 Å². The van der Waals surface area contributed by atoms with Crippen LogP contribution >= 0.6 is 0 Å². The number of ether oxygens (including phenoxy) is 1. The van der Waals surface area contributed by atoms with E-state index in [4.69, 9.17) is 0 Å². The van der Waals surface area contributed by atoms with Crippen molar-refractivity contribution in [2.75, 3.05) is 6.61 Å². The molecule has 1 rings (SSSR count). The number of carbonyl (C=O) groups excluding carboxylic acids is 2. The lowest BCUT2D eigenvalue weighted by atomic mass is 10.2. The fourth-order valence-electron chi connectivity index (χ4n) is 1.07. The topological polar surface area (TPSA) is 56.3 Å². The van der Waals surface area contributed by atoms with Crippen molar-refractivity contribution in [2.45, 2.75) is 20.3 Å². The number of nitrogens with zero attached hydrogens (tertiary/aromatic N) is 1. The van der Waals surface area contributed by atoms with Crippen molar-refractivity contribution in [1.82, 2.24) is 4.98 Å². The van der Waals surface area contributed by atoms with Gasteiger partial charge in [0.15, 0.2) is 0 Å². The molecule has 80 valence electrons. The van der Waals surface area contributed by atoms with Crippen LogP contribution in [0.25, 0.3) is 0 Å². The Labute approximate surface area is 88.3 Å². The molecule has 1 heterocycles. The molecule has 1 aromatic heterocycles. The molecule has 15 heavy (non-hydrogen) atoms. The maximum Gasteiger partial charge on any atom is 0.381 e. The number of carbonyl (C=O) groups is 2. The Hall–Kier alpha value is -1.71. The highest BCUT2D eigenvalue weighted by molar-refractivity contribution is 6.40. The average Bonchev–Trinajstić information content (AvgIpc) is 2.28. The van der Waals surface area contributed by atoms with Gasteiger partial charge < -0.3 is 4.74 Å². The van der Waals surface area contributed by atoms with Crippen molar-refractivity contribution in [2.24, 2.45) is 0 Å². The van der Waals surface area contributed by atoms with Gasteiger partial charge in [0.25, 0.3) is 5.78 Å². The predicted molar refractivity (Wildman–Crippen MR) is 54.6 cm³/mol. The number of rotatable bonds is 4. The highest BCUT2D eigenvalue weighted by atomic mass is 16.5. The van der Waals surface area contributed by atoms with E-state index >= 15 is 0 Å². The molecule has 0 bridgehead atoms. The summed E-state index contributed by atoms with van der Waals surface area (Å²) in [6.07, 6.45) is 2.44.